The van der Waals surface area contributed by atoms with Crippen LogP contribution in [0.25, 0.3) is 0 Å². The molecule has 0 radical (unpaired) electrons. The molecule has 6 rings (SSSR count). The number of Topliss-reactive ketones (excluding diaryl/α,β-unsaturated/α-hetero) is 1. The van der Waals surface area contributed by atoms with E-state index in [2.05, 4.69) is 47.1 Å². The van der Waals surface area contributed by atoms with E-state index in [-0.39, 0.29) is 24.7 Å². The number of fused-ring (bicyclic) bond motifs is 3. The number of aromatic nitrogens is 2. The van der Waals surface area contributed by atoms with Crippen LogP contribution in [0.15, 0.2) is 33.7 Å². The van der Waals surface area contributed by atoms with Crippen LogP contribution in [-0.2, 0) is 17.8 Å². The lowest BCUT2D eigenvalue weighted by Crippen LogP contribution is -2.58. The Morgan fingerprint density at radius 1 is 1.27 bits per heavy atom. The Hall–Kier alpha value is -2.35. The molecule has 0 unspecified atom stereocenters. The van der Waals surface area contributed by atoms with Crippen LogP contribution in [0.3, 0.4) is 0 Å². The first-order valence-electron chi connectivity index (χ1n) is 11.7. The van der Waals surface area contributed by atoms with Gasteiger partial charge < -0.3 is 14.8 Å². The maximum Gasteiger partial charge on any atom is 0.283 e. The normalized spacial score (nSPS) is 26.5. The number of nitrogens with zero attached hydrogens (tertiary/aromatic N) is 2. The smallest absolute Gasteiger partial charge is 0.283 e. The molecular formula is C25H30BrN3O4. The minimum Gasteiger partial charge on any atom is -0.454 e. The van der Waals surface area contributed by atoms with Gasteiger partial charge in [0, 0.05) is 12.5 Å². The lowest BCUT2D eigenvalue weighted by atomic mass is 9.45. The van der Waals surface area contributed by atoms with Crippen molar-refractivity contribution in [3.05, 3.63) is 44.8 Å². The summed E-state index contributed by atoms with van der Waals surface area (Å²) in [5.74, 6) is 3.37. The first-order chi connectivity index (χ1) is 15.7. The molecule has 4 aliphatic rings. The van der Waals surface area contributed by atoms with E-state index >= 15 is 0 Å². The Bertz CT molecular complexity index is 1140. The molecular weight excluding hydrogens is 486 g/mol. The number of hydrogen-bond donors (Lipinski definition) is 1. The van der Waals surface area contributed by atoms with Gasteiger partial charge in [-0.05, 0) is 76.1 Å². The molecule has 1 aromatic heterocycles. The minimum absolute atomic E-state index is 0.0412. The van der Waals surface area contributed by atoms with Crippen molar-refractivity contribution in [1.82, 2.24) is 9.78 Å². The fraction of sp³-hybridized carbons (Fsp3) is 0.560. The van der Waals surface area contributed by atoms with Crippen LogP contribution >= 0.6 is 15.9 Å². The highest BCUT2D eigenvalue weighted by Gasteiger charge is 2.56. The minimum atomic E-state index is -0.287. The van der Waals surface area contributed by atoms with Crippen molar-refractivity contribution < 1.29 is 14.3 Å². The lowest BCUT2D eigenvalue weighted by Gasteiger charge is -2.62. The van der Waals surface area contributed by atoms with E-state index in [9.17, 15) is 9.59 Å². The largest absolute Gasteiger partial charge is 0.454 e. The van der Waals surface area contributed by atoms with E-state index in [1.165, 1.54) is 11.1 Å². The van der Waals surface area contributed by atoms with Crippen LogP contribution < -0.4 is 20.3 Å². The molecule has 1 aliphatic heterocycles. The second-order valence-corrected chi connectivity index (χ2v) is 11.1. The fourth-order valence-corrected chi connectivity index (χ4v) is 6.27. The van der Waals surface area contributed by atoms with E-state index in [0.717, 1.165) is 23.7 Å². The van der Waals surface area contributed by atoms with Crippen LogP contribution in [0.1, 0.15) is 45.6 Å². The summed E-state index contributed by atoms with van der Waals surface area (Å²) in [5.41, 5.74) is 1.83. The maximum absolute atomic E-state index is 12.9. The molecule has 0 amide bonds. The highest BCUT2D eigenvalue weighted by atomic mass is 79.9. The standard InChI is InChI=1S/C25H30BrN3O4/c1-14-18-9-16(25(18,2)3)10-19(14)28-20-11-27-29(24(31)23(20)26)12-17(30)6-4-15-5-7-21-22(8-15)33-13-32-21/h5,7-8,11,14,16,18-19,28H,4,6,9-10,12-13H2,1-3H3/t14-,16+,18-,19-/m1/s1. The molecule has 1 N–H and O–H groups in total. The van der Waals surface area contributed by atoms with Gasteiger partial charge in [0.1, 0.15) is 11.0 Å². The summed E-state index contributed by atoms with van der Waals surface area (Å²) in [4.78, 5) is 25.4. The molecule has 0 spiro atoms. The monoisotopic (exact) mass is 515 g/mol. The van der Waals surface area contributed by atoms with Crippen LogP contribution in [0.2, 0.25) is 0 Å². The van der Waals surface area contributed by atoms with Gasteiger partial charge in [0.2, 0.25) is 6.79 Å². The van der Waals surface area contributed by atoms with Crippen LogP contribution in [0, 0.1) is 23.2 Å². The predicted octanol–water partition coefficient (Wildman–Crippen LogP) is 4.42. The van der Waals surface area contributed by atoms with E-state index in [4.69, 9.17) is 9.47 Å². The molecule has 2 heterocycles. The number of ketones is 1. The van der Waals surface area contributed by atoms with Gasteiger partial charge in [-0.3, -0.25) is 9.59 Å². The molecule has 3 fully saturated rings. The van der Waals surface area contributed by atoms with Gasteiger partial charge in [0.15, 0.2) is 17.3 Å². The third-order valence-electron chi connectivity index (χ3n) is 8.14. The molecule has 7 nitrogen and oxygen atoms in total. The topological polar surface area (TPSA) is 82.5 Å². The number of halogens is 1. The molecule has 2 aromatic rings. The molecule has 3 saturated carbocycles. The van der Waals surface area contributed by atoms with E-state index in [1.54, 1.807) is 6.20 Å². The van der Waals surface area contributed by atoms with Gasteiger partial charge in [0.25, 0.3) is 5.56 Å². The highest BCUT2D eigenvalue weighted by molar-refractivity contribution is 9.10. The number of hydrogen-bond acceptors (Lipinski definition) is 6. The summed E-state index contributed by atoms with van der Waals surface area (Å²) in [7, 11) is 0. The second-order valence-electron chi connectivity index (χ2n) is 10.3. The SMILES string of the molecule is C[C@@H]1[C@H]2C[C@@H](C[C@H]1Nc1cnn(CC(=O)CCc3ccc4c(c3)OCO4)c(=O)c1Br)C2(C)C. The molecule has 2 bridgehead atoms. The zero-order valence-electron chi connectivity index (χ0n) is 19.3. The number of rotatable bonds is 7. The van der Waals surface area contributed by atoms with E-state index < -0.39 is 0 Å². The number of carbonyl (C=O) groups is 1. The van der Waals surface area contributed by atoms with Crippen molar-refractivity contribution in [2.75, 3.05) is 12.1 Å². The van der Waals surface area contributed by atoms with E-state index in [0.29, 0.717) is 52.0 Å². The summed E-state index contributed by atoms with van der Waals surface area (Å²) in [6, 6.07) is 6.02. The number of aryl methyl sites for hydroxylation is 1. The zero-order valence-corrected chi connectivity index (χ0v) is 20.9. The Morgan fingerprint density at radius 3 is 2.82 bits per heavy atom. The summed E-state index contributed by atoms with van der Waals surface area (Å²) in [5, 5.41) is 7.84. The third kappa shape index (κ3) is 4.07. The number of carbonyl (C=O) groups excluding carboxylic acids is 1. The van der Waals surface area contributed by atoms with Gasteiger partial charge in [-0.25, -0.2) is 4.68 Å². The van der Waals surface area contributed by atoms with Crippen LogP contribution in [-0.4, -0.2) is 28.4 Å². The number of anilines is 1. The fourth-order valence-electron chi connectivity index (χ4n) is 5.84. The van der Waals surface area contributed by atoms with Gasteiger partial charge in [-0.1, -0.05) is 26.8 Å². The van der Waals surface area contributed by atoms with Gasteiger partial charge >= 0.3 is 0 Å². The average molecular weight is 516 g/mol. The van der Waals surface area contributed by atoms with Crippen LogP contribution in [0.4, 0.5) is 5.69 Å². The molecule has 0 saturated heterocycles. The predicted molar refractivity (Wildman–Crippen MR) is 129 cm³/mol. The second kappa shape index (κ2) is 8.46. The summed E-state index contributed by atoms with van der Waals surface area (Å²) < 4.78 is 12.4. The van der Waals surface area contributed by atoms with Crippen molar-refractivity contribution in [1.29, 1.82) is 0 Å². The first kappa shape index (κ1) is 22.4. The van der Waals surface area contributed by atoms with Crippen molar-refractivity contribution in [2.24, 2.45) is 23.2 Å². The molecule has 33 heavy (non-hydrogen) atoms. The third-order valence-corrected chi connectivity index (χ3v) is 8.90. The van der Waals surface area contributed by atoms with Gasteiger partial charge in [-0.2, -0.15) is 5.10 Å². The lowest BCUT2D eigenvalue weighted by molar-refractivity contribution is -0.119. The van der Waals surface area contributed by atoms with Gasteiger partial charge in [0.05, 0.1) is 11.9 Å². The zero-order chi connectivity index (χ0) is 23.3. The highest BCUT2D eigenvalue weighted by Crippen LogP contribution is 2.61. The summed E-state index contributed by atoms with van der Waals surface area (Å²) in [6.07, 6.45) is 4.97. The average Bonchev–Trinajstić information content (AvgIpc) is 3.26. The molecule has 4 atom stereocenters. The molecule has 1 aromatic carbocycles. The first-order valence-corrected chi connectivity index (χ1v) is 12.5. The van der Waals surface area contributed by atoms with Gasteiger partial charge in [-0.15, -0.1) is 0 Å². The van der Waals surface area contributed by atoms with Crippen molar-refractivity contribution >= 4 is 27.4 Å². The number of benzene rings is 1. The van der Waals surface area contributed by atoms with Crippen molar-refractivity contribution in [2.45, 2.75) is 59.0 Å². The van der Waals surface area contributed by atoms with Crippen LogP contribution in [0.5, 0.6) is 11.5 Å². The molecule has 176 valence electrons. The van der Waals surface area contributed by atoms with Crippen molar-refractivity contribution in [3.8, 4) is 11.5 Å². The summed E-state index contributed by atoms with van der Waals surface area (Å²) >= 11 is 3.45. The van der Waals surface area contributed by atoms with E-state index in [1.807, 2.05) is 18.2 Å². The Labute approximate surface area is 202 Å². The quantitative estimate of drug-likeness (QED) is 0.587. The number of nitrogens with one attached hydrogen (secondary N) is 1. The Morgan fingerprint density at radius 2 is 2.06 bits per heavy atom. The Kier molecular flexibility index (Phi) is 5.75. The molecule has 8 heteroatoms. The maximum atomic E-state index is 12.9. The van der Waals surface area contributed by atoms with Crippen molar-refractivity contribution in [3.63, 3.8) is 0 Å². The Balaban J connectivity index is 1.20. The summed E-state index contributed by atoms with van der Waals surface area (Å²) in [6.45, 7) is 7.24. The number of ether oxygens (including phenoxy) is 2. The molecule has 3 aliphatic carbocycles.